The van der Waals surface area contributed by atoms with Crippen molar-refractivity contribution in [3.8, 4) is 0 Å². The maximum atomic E-state index is 13.0. The average Bonchev–Trinajstić information content (AvgIpc) is 3.12. The van der Waals surface area contributed by atoms with Crippen LogP contribution in [-0.4, -0.2) is 46.9 Å². The van der Waals surface area contributed by atoms with Gasteiger partial charge in [-0.1, -0.05) is 48.5 Å². The molecule has 1 aliphatic heterocycles. The van der Waals surface area contributed by atoms with Crippen molar-refractivity contribution in [1.29, 1.82) is 0 Å². The lowest BCUT2D eigenvalue weighted by molar-refractivity contribution is -0.134. The lowest BCUT2D eigenvalue weighted by Gasteiger charge is -2.36. The molecule has 1 atom stereocenters. The standard InChI is InChI=1S/C22H25N3O/c1-17(20-15-23-21-10-6-5-9-19(20)21)22(26)25-13-11-24(12-14-25)16-18-7-3-2-4-8-18/h2-10,15,17,23H,11-14,16H2,1H3. The Morgan fingerprint density at radius 3 is 2.46 bits per heavy atom. The summed E-state index contributed by atoms with van der Waals surface area (Å²) in [5.41, 5.74) is 3.52. The van der Waals surface area contributed by atoms with Gasteiger partial charge in [0.2, 0.25) is 5.91 Å². The molecular formula is C22H25N3O. The third kappa shape index (κ3) is 3.37. The highest BCUT2D eigenvalue weighted by atomic mass is 16.2. The van der Waals surface area contributed by atoms with Gasteiger partial charge in [-0.25, -0.2) is 0 Å². The van der Waals surface area contributed by atoms with Crippen LogP contribution in [0.5, 0.6) is 0 Å². The molecule has 1 unspecified atom stereocenters. The second-order valence-corrected chi connectivity index (χ2v) is 7.10. The molecule has 2 heterocycles. The van der Waals surface area contributed by atoms with Crippen molar-refractivity contribution in [2.24, 2.45) is 0 Å². The highest BCUT2D eigenvalue weighted by molar-refractivity contribution is 5.91. The van der Waals surface area contributed by atoms with E-state index < -0.39 is 0 Å². The van der Waals surface area contributed by atoms with Crippen molar-refractivity contribution in [2.75, 3.05) is 26.2 Å². The van der Waals surface area contributed by atoms with E-state index in [1.54, 1.807) is 0 Å². The van der Waals surface area contributed by atoms with Gasteiger partial charge in [-0.3, -0.25) is 9.69 Å². The van der Waals surface area contributed by atoms with Gasteiger partial charge in [0.25, 0.3) is 0 Å². The fourth-order valence-corrected chi connectivity index (χ4v) is 3.83. The van der Waals surface area contributed by atoms with Gasteiger partial charge in [-0.2, -0.15) is 0 Å². The second kappa shape index (κ2) is 7.34. The monoisotopic (exact) mass is 347 g/mol. The van der Waals surface area contributed by atoms with Crippen LogP contribution >= 0.6 is 0 Å². The molecule has 1 saturated heterocycles. The molecule has 2 aromatic carbocycles. The molecule has 0 aliphatic carbocycles. The number of benzene rings is 2. The average molecular weight is 347 g/mol. The second-order valence-electron chi connectivity index (χ2n) is 7.10. The van der Waals surface area contributed by atoms with E-state index >= 15 is 0 Å². The number of aromatic nitrogens is 1. The fourth-order valence-electron chi connectivity index (χ4n) is 3.83. The van der Waals surface area contributed by atoms with E-state index in [1.807, 2.05) is 36.2 Å². The lowest BCUT2D eigenvalue weighted by atomic mass is 9.98. The molecule has 4 heteroatoms. The Hall–Kier alpha value is -2.59. The summed E-state index contributed by atoms with van der Waals surface area (Å²) in [7, 11) is 0. The van der Waals surface area contributed by atoms with Gasteiger partial charge in [0.15, 0.2) is 0 Å². The van der Waals surface area contributed by atoms with E-state index in [0.717, 1.165) is 49.2 Å². The summed E-state index contributed by atoms with van der Waals surface area (Å²) >= 11 is 0. The number of nitrogens with zero attached hydrogens (tertiary/aromatic N) is 2. The summed E-state index contributed by atoms with van der Waals surface area (Å²) in [6.07, 6.45) is 1.99. The number of amides is 1. The molecule has 1 aromatic heterocycles. The Morgan fingerprint density at radius 2 is 1.69 bits per heavy atom. The normalized spacial score (nSPS) is 16.7. The van der Waals surface area contributed by atoms with Crippen LogP contribution in [0.3, 0.4) is 0 Å². The Bertz CT molecular complexity index is 879. The van der Waals surface area contributed by atoms with Crippen LogP contribution in [-0.2, 0) is 11.3 Å². The highest BCUT2D eigenvalue weighted by Gasteiger charge is 2.27. The fraction of sp³-hybridized carbons (Fsp3) is 0.318. The minimum absolute atomic E-state index is 0.119. The lowest BCUT2D eigenvalue weighted by Crippen LogP contribution is -2.49. The van der Waals surface area contributed by atoms with Crippen LogP contribution in [0.15, 0.2) is 60.8 Å². The molecule has 0 bridgehead atoms. The number of fused-ring (bicyclic) bond motifs is 1. The van der Waals surface area contributed by atoms with Crippen LogP contribution in [0.1, 0.15) is 24.0 Å². The van der Waals surface area contributed by atoms with Gasteiger partial charge in [0, 0.05) is 49.8 Å². The maximum Gasteiger partial charge on any atom is 0.229 e. The van der Waals surface area contributed by atoms with E-state index in [1.165, 1.54) is 5.56 Å². The first-order valence-corrected chi connectivity index (χ1v) is 9.33. The molecule has 0 radical (unpaired) electrons. The third-order valence-corrected chi connectivity index (χ3v) is 5.39. The van der Waals surface area contributed by atoms with Gasteiger partial charge in [0.05, 0.1) is 5.92 Å². The Labute approximate surface area is 154 Å². The number of aromatic amines is 1. The van der Waals surface area contributed by atoms with Crippen LogP contribution in [0, 0.1) is 0 Å². The molecular weight excluding hydrogens is 322 g/mol. The number of hydrogen-bond acceptors (Lipinski definition) is 2. The summed E-state index contributed by atoms with van der Waals surface area (Å²) in [6, 6.07) is 18.7. The van der Waals surface area contributed by atoms with Gasteiger partial charge < -0.3 is 9.88 Å². The summed E-state index contributed by atoms with van der Waals surface area (Å²) < 4.78 is 0. The predicted octanol–water partition coefficient (Wildman–Crippen LogP) is 3.62. The first-order chi connectivity index (χ1) is 12.7. The zero-order valence-electron chi connectivity index (χ0n) is 15.2. The largest absolute Gasteiger partial charge is 0.361 e. The van der Waals surface area contributed by atoms with Crippen molar-refractivity contribution in [3.05, 3.63) is 71.9 Å². The number of nitrogens with one attached hydrogen (secondary N) is 1. The van der Waals surface area contributed by atoms with Crippen LogP contribution < -0.4 is 0 Å². The zero-order valence-corrected chi connectivity index (χ0v) is 15.2. The molecule has 134 valence electrons. The molecule has 3 aromatic rings. The quantitative estimate of drug-likeness (QED) is 0.783. The van der Waals surface area contributed by atoms with Crippen molar-refractivity contribution in [3.63, 3.8) is 0 Å². The van der Waals surface area contributed by atoms with Crippen molar-refractivity contribution < 1.29 is 4.79 Å². The van der Waals surface area contributed by atoms with Gasteiger partial charge in [-0.05, 0) is 24.1 Å². The summed E-state index contributed by atoms with van der Waals surface area (Å²) in [5.74, 6) is 0.112. The Balaban J connectivity index is 1.39. The van der Waals surface area contributed by atoms with Crippen LogP contribution in [0.25, 0.3) is 10.9 Å². The molecule has 1 fully saturated rings. The summed E-state index contributed by atoms with van der Waals surface area (Å²) in [4.78, 5) is 20.7. The molecule has 0 saturated carbocycles. The summed E-state index contributed by atoms with van der Waals surface area (Å²) in [6.45, 7) is 6.45. The molecule has 1 aliphatic rings. The number of H-pyrrole nitrogens is 1. The van der Waals surface area contributed by atoms with E-state index in [4.69, 9.17) is 0 Å². The van der Waals surface area contributed by atoms with E-state index in [9.17, 15) is 4.79 Å². The van der Waals surface area contributed by atoms with E-state index in [0.29, 0.717) is 0 Å². The molecule has 4 rings (SSSR count). The van der Waals surface area contributed by atoms with E-state index in [2.05, 4.69) is 46.3 Å². The number of piperazine rings is 1. The maximum absolute atomic E-state index is 13.0. The minimum atomic E-state index is -0.119. The highest BCUT2D eigenvalue weighted by Crippen LogP contribution is 2.27. The first kappa shape index (κ1) is 16.9. The smallest absolute Gasteiger partial charge is 0.229 e. The summed E-state index contributed by atoms with van der Waals surface area (Å²) in [5, 5.41) is 1.15. The topological polar surface area (TPSA) is 39.3 Å². The predicted molar refractivity (Wildman–Crippen MR) is 105 cm³/mol. The van der Waals surface area contributed by atoms with Crippen LogP contribution in [0.2, 0.25) is 0 Å². The Morgan fingerprint density at radius 1 is 1.00 bits per heavy atom. The van der Waals surface area contributed by atoms with E-state index in [-0.39, 0.29) is 11.8 Å². The van der Waals surface area contributed by atoms with Crippen LogP contribution in [0.4, 0.5) is 0 Å². The molecule has 4 nitrogen and oxygen atoms in total. The van der Waals surface area contributed by atoms with Crippen molar-refractivity contribution >= 4 is 16.8 Å². The minimum Gasteiger partial charge on any atom is -0.361 e. The number of para-hydroxylation sites is 1. The third-order valence-electron chi connectivity index (χ3n) is 5.39. The van der Waals surface area contributed by atoms with Crippen molar-refractivity contribution in [2.45, 2.75) is 19.4 Å². The number of hydrogen-bond donors (Lipinski definition) is 1. The SMILES string of the molecule is CC(C(=O)N1CCN(Cc2ccccc2)CC1)c1c[nH]c2ccccc12. The molecule has 26 heavy (non-hydrogen) atoms. The number of rotatable bonds is 4. The Kier molecular flexibility index (Phi) is 4.76. The first-order valence-electron chi connectivity index (χ1n) is 9.33. The van der Waals surface area contributed by atoms with Crippen molar-refractivity contribution in [1.82, 2.24) is 14.8 Å². The van der Waals surface area contributed by atoms with Gasteiger partial charge in [0.1, 0.15) is 0 Å². The number of carbonyl (C=O) groups excluding carboxylic acids is 1. The zero-order chi connectivity index (χ0) is 17.9. The number of carbonyl (C=O) groups is 1. The molecule has 1 N–H and O–H groups in total. The van der Waals surface area contributed by atoms with Gasteiger partial charge in [-0.15, -0.1) is 0 Å². The molecule has 0 spiro atoms. The van der Waals surface area contributed by atoms with Gasteiger partial charge >= 0.3 is 0 Å². The molecule has 1 amide bonds.